The van der Waals surface area contributed by atoms with Crippen molar-refractivity contribution in [3.05, 3.63) is 48.3 Å². The Kier molecular flexibility index (Phi) is 5.13. The summed E-state index contributed by atoms with van der Waals surface area (Å²) in [7, 11) is 0. The summed E-state index contributed by atoms with van der Waals surface area (Å²) < 4.78 is 10.9. The molecule has 2 aromatic rings. The molecule has 0 atom stereocenters. The molecule has 0 radical (unpaired) electrons. The first kappa shape index (κ1) is 16.8. The van der Waals surface area contributed by atoms with Crippen LogP contribution in [-0.4, -0.2) is 41.5 Å². The number of aromatic nitrogens is 1. The van der Waals surface area contributed by atoms with Gasteiger partial charge in [-0.25, -0.2) is 0 Å². The zero-order chi connectivity index (χ0) is 17.6. The monoisotopic (exact) mass is 341 g/mol. The minimum absolute atomic E-state index is 0.0430. The van der Waals surface area contributed by atoms with Crippen LogP contribution in [0.3, 0.4) is 0 Å². The fraction of sp³-hybridized carbons (Fsp3) is 0.278. The molecule has 0 saturated carbocycles. The van der Waals surface area contributed by atoms with Crippen LogP contribution in [-0.2, 0) is 16.1 Å². The lowest BCUT2D eigenvalue weighted by Crippen LogP contribution is -2.36. The van der Waals surface area contributed by atoms with Gasteiger partial charge in [0.25, 0.3) is 0 Å². The van der Waals surface area contributed by atoms with Gasteiger partial charge in [-0.3, -0.25) is 14.6 Å². The normalized spacial score (nSPS) is 12.4. The number of nitrogens with zero attached hydrogens (tertiary/aromatic N) is 2. The van der Waals surface area contributed by atoms with E-state index in [0.29, 0.717) is 36.9 Å². The van der Waals surface area contributed by atoms with Gasteiger partial charge in [-0.1, -0.05) is 6.07 Å². The van der Waals surface area contributed by atoms with Crippen molar-refractivity contribution in [2.75, 3.05) is 25.1 Å². The fourth-order valence-corrected chi connectivity index (χ4v) is 2.49. The predicted molar refractivity (Wildman–Crippen MR) is 91.4 cm³/mol. The van der Waals surface area contributed by atoms with Gasteiger partial charge in [0.1, 0.15) is 19.8 Å². The molecule has 0 bridgehead atoms. The Balaban J connectivity index is 1.62. The van der Waals surface area contributed by atoms with E-state index in [0.717, 1.165) is 5.56 Å². The van der Waals surface area contributed by atoms with Crippen molar-refractivity contribution in [3.63, 3.8) is 0 Å². The summed E-state index contributed by atoms with van der Waals surface area (Å²) in [5, 5.41) is 2.78. The maximum atomic E-state index is 12.3. The van der Waals surface area contributed by atoms with Crippen LogP contribution < -0.4 is 14.8 Å². The van der Waals surface area contributed by atoms with Gasteiger partial charge < -0.3 is 19.7 Å². The lowest BCUT2D eigenvalue weighted by atomic mass is 10.2. The Morgan fingerprint density at radius 3 is 2.72 bits per heavy atom. The van der Waals surface area contributed by atoms with Gasteiger partial charge in [-0.15, -0.1) is 0 Å². The first-order valence-corrected chi connectivity index (χ1v) is 7.96. The molecule has 2 amide bonds. The lowest BCUT2D eigenvalue weighted by Gasteiger charge is -2.21. The van der Waals surface area contributed by atoms with Gasteiger partial charge in [-0.05, 0) is 23.8 Å². The van der Waals surface area contributed by atoms with Crippen molar-refractivity contribution in [2.24, 2.45) is 0 Å². The number of anilines is 1. The fourth-order valence-electron chi connectivity index (χ4n) is 2.49. The molecule has 0 unspecified atom stereocenters. The number of carbonyl (C=O) groups excluding carboxylic acids is 2. The second kappa shape index (κ2) is 7.65. The molecule has 130 valence electrons. The number of carbonyl (C=O) groups is 2. The average molecular weight is 341 g/mol. The van der Waals surface area contributed by atoms with Crippen molar-refractivity contribution in [2.45, 2.75) is 13.5 Å². The standard InChI is InChI=1S/C18H19N3O4/c1-13(22)21(11-14-3-2-6-19-10-14)12-18(23)20-15-4-5-16-17(9-15)25-8-7-24-16/h2-6,9-10H,7-8,11-12H2,1H3,(H,20,23). The first-order valence-electron chi connectivity index (χ1n) is 7.96. The quantitative estimate of drug-likeness (QED) is 0.897. The highest BCUT2D eigenvalue weighted by molar-refractivity contribution is 5.94. The van der Waals surface area contributed by atoms with Crippen LogP contribution in [0, 0.1) is 0 Å². The molecule has 7 nitrogen and oxygen atoms in total. The van der Waals surface area contributed by atoms with E-state index in [1.54, 1.807) is 36.7 Å². The van der Waals surface area contributed by atoms with Crippen LogP contribution in [0.2, 0.25) is 0 Å². The number of fused-ring (bicyclic) bond motifs is 1. The third-order valence-corrected chi connectivity index (χ3v) is 3.70. The molecule has 25 heavy (non-hydrogen) atoms. The minimum Gasteiger partial charge on any atom is -0.486 e. The topological polar surface area (TPSA) is 80.8 Å². The average Bonchev–Trinajstić information content (AvgIpc) is 2.62. The number of pyridine rings is 1. The number of hydrogen-bond donors (Lipinski definition) is 1. The number of amides is 2. The zero-order valence-electron chi connectivity index (χ0n) is 13.9. The molecule has 1 N–H and O–H groups in total. The second-order valence-corrected chi connectivity index (χ2v) is 5.64. The molecule has 3 rings (SSSR count). The van der Waals surface area contributed by atoms with E-state index in [9.17, 15) is 9.59 Å². The summed E-state index contributed by atoms with van der Waals surface area (Å²) in [6.45, 7) is 2.72. The van der Waals surface area contributed by atoms with Crippen molar-refractivity contribution in [1.82, 2.24) is 9.88 Å². The van der Waals surface area contributed by atoms with Gasteiger partial charge in [-0.2, -0.15) is 0 Å². The van der Waals surface area contributed by atoms with E-state index in [1.807, 2.05) is 6.07 Å². The summed E-state index contributed by atoms with van der Waals surface area (Å²) in [5.74, 6) is 0.797. The highest BCUT2D eigenvalue weighted by Crippen LogP contribution is 2.32. The predicted octanol–water partition coefficient (Wildman–Crippen LogP) is 1.84. The summed E-state index contributed by atoms with van der Waals surface area (Å²) in [4.78, 5) is 29.6. The third kappa shape index (κ3) is 4.47. The number of ether oxygens (including phenoxy) is 2. The molecule has 0 spiro atoms. The molecule has 7 heteroatoms. The van der Waals surface area contributed by atoms with Gasteiger partial charge in [0.05, 0.1) is 0 Å². The molecule has 1 aliphatic rings. The molecular formula is C18H19N3O4. The van der Waals surface area contributed by atoms with Crippen LogP contribution in [0.4, 0.5) is 5.69 Å². The van der Waals surface area contributed by atoms with E-state index < -0.39 is 0 Å². The summed E-state index contributed by atoms with van der Waals surface area (Å²) in [6.07, 6.45) is 3.34. The van der Waals surface area contributed by atoms with Crippen LogP contribution in [0.25, 0.3) is 0 Å². The number of hydrogen-bond acceptors (Lipinski definition) is 5. The van der Waals surface area contributed by atoms with Gasteiger partial charge in [0, 0.05) is 37.6 Å². The Morgan fingerprint density at radius 2 is 2.00 bits per heavy atom. The maximum absolute atomic E-state index is 12.3. The molecule has 0 aliphatic carbocycles. The smallest absolute Gasteiger partial charge is 0.244 e. The van der Waals surface area contributed by atoms with Crippen LogP contribution in [0.15, 0.2) is 42.7 Å². The van der Waals surface area contributed by atoms with Crippen molar-refractivity contribution in [1.29, 1.82) is 0 Å². The van der Waals surface area contributed by atoms with Crippen molar-refractivity contribution < 1.29 is 19.1 Å². The van der Waals surface area contributed by atoms with Gasteiger partial charge in [0.2, 0.25) is 11.8 Å². The Labute approximate surface area is 145 Å². The van der Waals surface area contributed by atoms with Crippen molar-refractivity contribution >= 4 is 17.5 Å². The second-order valence-electron chi connectivity index (χ2n) is 5.64. The lowest BCUT2D eigenvalue weighted by molar-refractivity contribution is -0.133. The van der Waals surface area contributed by atoms with Gasteiger partial charge >= 0.3 is 0 Å². The number of benzene rings is 1. The van der Waals surface area contributed by atoms with Crippen LogP contribution >= 0.6 is 0 Å². The Hall–Kier alpha value is -3.09. The molecule has 1 aliphatic heterocycles. The highest BCUT2D eigenvalue weighted by Gasteiger charge is 2.16. The molecule has 1 aromatic heterocycles. The van der Waals surface area contributed by atoms with E-state index >= 15 is 0 Å². The zero-order valence-corrected chi connectivity index (χ0v) is 13.9. The van der Waals surface area contributed by atoms with Crippen LogP contribution in [0.1, 0.15) is 12.5 Å². The number of nitrogens with one attached hydrogen (secondary N) is 1. The molecule has 1 aromatic carbocycles. The molecular weight excluding hydrogens is 322 g/mol. The molecule has 0 fully saturated rings. The largest absolute Gasteiger partial charge is 0.486 e. The summed E-state index contributed by atoms with van der Waals surface area (Å²) in [5.41, 5.74) is 1.46. The number of rotatable bonds is 5. The van der Waals surface area contributed by atoms with Crippen molar-refractivity contribution in [3.8, 4) is 11.5 Å². The molecule has 0 saturated heterocycles. The summed E-state index contributed by atoms with van der Waals surface area (Å²) in [6, 6.07) is 8.86. The first-order chi connectivity index (χ1) is 12.1. The maximum Gasteiger partial charge on any atom is 0.244 e. The van der Waals surface area contributed by atoms with Gasteiger partial charge in [0.15, 0.2) is 11.5 Å². The van der Waals surface area contributed by atoms with E-state index in [-0.39, 0.29) is 18.4 Å². The Morgan fingerprint density at radius 1 is 1.20 bits per heavy atom. The Bertz CT molecular complexity index is 764. The summed E-state index contributed by atoms with van der Waals surface area (Å²) >= 11 is 0. The minimum atomic E-state index is -0.282. The van der Waals surface area contributed by atoms with E-state index in [4.69, 9.17) is 9.47 Å². The third-order valence-electron chi connectivity index (χ3n) is 3.70. The SMILES string of the molecule is CC(=O)N(CC(=O)Nc1ccc2c(c1)OCCO2)Cc1cccnc1. The highest BCUT2D eigenvalue weighted by atomic mass is 16.6. The van der Waals surface area contributed by atoms with Crippen LogP contribution in [0.5, 0.6) is 11.5 Å². The van der Waals surface area contributed by atoms with E-state index in [2.05, 4.69) is 10.3 Å². The molecule has 2 heterocycles. The van der Waals surface area contributed by atoms with E-state index in [1.165, 1.54) is 11.8 Å².